The first-order valence-corrected chi connectivity index (χ1v) is 4.50. The molecule has 0 aromatic carbocycles. The van der Waals surface area contributed by atoms with Crippen LogP contribution in [0.2, 0.25) is 0 Å². The zero-order valence-corrected chi connectivity index (χ0v) is 4.90. The van der Waals surface area contributed by atoms with Gasteiger partial charge in [0, 0.05) is 0 Å². The topological polar surface area (TPSA) is 0 Å². The first kappa shape index (κ1) is 16.4. The summed E-state index contributed by atoms with van der Waals surface area (Å²) in [6, 6.07) is 0. The minimum atomic E-state index is 0. The summed E-state index contributed by atoms with van der Waals surface area (Å²) in [7, 11) is 4.21. The van der Waals surface area contributed by atoms with Crippen LogP contribution in [0.5, 0.6) is 0 Å². The molecule has 0 aliphatic rings. The Labute approximate surface area is 66.3 Å². The molecule has 0 fully saturated rings. The molecule has 18 valence electrons. The van der Waals surface area contributed by atoms with Gasteiger partial charge in [-0.15, -0.1) is 0 Å². The summed E-state index contributed by atoms with van der Waals surface area (Å²) < 4.78 is 0. The van der Waals surface area contributed by atoms with Crippen molar-refractivity contribution in [3.8, 4) is 0 Å². The molecule has 0 aliphatic heterocycles. The van der Waals surface area contributed by atoms with Crippen LogP contribution in [0.3, 0.4) is 0 Å². The van der Waals surface area contributed by atoms with Crippen LogP contribution >= 0.6 is 10.1 Å². The summed E-state index contributed by atoms with van der Waals surface area (Å²) >= 11 is 0.958. The molecule has 0 unspecified atom stereocenters. The van der Waals surface area contributed by atoms with Crippen molar-refractivity contribution in [3.05, 3.63) is 0 Å². The van der Waals surface area contributed by atoms with Crippen LogP contribution in [0.15, 0.2) is 0 Å². The molecule has 0 bridgehead atoms. The van der Waals surface area contributed by atoms with Gasteiger partial charge < -0.3 is 0 Å². The van der Waals surface area contributed by atoms with Crippen LogP contribution in [-0.4, -0.2) is 40.4 Å². The third-order valence-electron chi connectivity index (χ3n) is 0. The van der Waals surface area contributed by atoms with Gasteiger partial charge in [0.2, 0.25) is 0 Å². The van der Waals surface area contributed by atoms with Gasteiger partial charge in [0.15, 0.2) is 17.4 Å². The first-order valence-electron chi connectivity index (χ1n) is 0.289. The van der Waals surface area contributed by atoms with Crippen molar-refractivity contribution in [3.63, 3.8) is 0 Å². The molecule has 4 heavy (non-hydrogen) atoms. The van der Waals surface area contributed by atoms with Gasteiger partial charge in [0.1, 0.15) is 0 Å². The molecule has 0 saturated heterocycles. The standard InChI is InChI=1S/Al.Mg.S.Zn.5H. The summed E-state index contributed by atoms with van der Waals surface area (Å²) in [5.74, 6) is 0. The van der Waals surface area contributed by atoms with E-state index in [-0.39, 0.29) is 40.4 Å². The zero-order valence-electron chi connectivity index (χ0n) is 1.12. The van der Waals surface area contributed by atoms with E-state index in [0.717, 1.165) is 16.6 Å². The van der Waals surface area contributed by atoms with E-state index in [0.29, 0.717) is 0 Å². The maximum atomic E-state index is 4.21. The Kier molecular flexibility index (Phi) is 79.1. The van der Waals surface area contributed by atoms with E-state index >= 15 is 0 Å². The quantitative estimate of drug-likeness (QED) is 0.384. The molecule has 0 aromatic heterocycles. The van der Waals surface area contributed by atoms with Crippen LogP contribution in [0.25, 0.3) is 0 Å². The van der Waals surface area contributed by atoms with E-state index < -0.39 is 0 Å². The van der Waals surface area contributed by atoms with Crippen molar-refractivity contribution in [1.82, 2.24) is 0 Å². The SMILES string of the molecule is [AlH3].[MgH2].[S]=[Zn]. The Bertz CT molecular complexity index is 8.00. The summed E-state index contributed by atoms with van der Waals surface area (Å²) in [6.07, 6.45) is 0. The second-order valence-corrected chi connectivity index (χ2v) is 0. The summed E-state index contributed by atoms with van der Waals surface area (Å²) in [4.78, 5) is 0. The second kappa shape index (κ2) is 19.2. The van der Waals surface area contributed by atoms with Gasteiger partial charge >= 0.3 is 49.7 Å². The Morgan fingerprint density at radius 3 is 1.25 bits per heavy atom. The molecule has 0 aliphatic carbocycles. The van der Waals surface area contributed by atoms with Gasteiger partial charge in [0.25, 0.3) is 0 Å². The van der Waals surface area contributed by atoms with Gasteiger partial charge in [-0.2, -0.15) is 0 Å². The fourth-order valence-electron chi connectivity index (χ4n) is 0. The number of hydrogen-bond donors (Lipinski definition) is 0. The average Bonchev–Trinajstić information content (AvgIpc) is 1.00. The van der Waals surface area contributed by atoms with Crippen molar-refractivity contribution in [1.29, 1.82) is 0 Å². The van der Waals surface area contributed by atoms with Gasteiger partial charge in [-0.1, -0.05) is 0 Å². The molecular formula is H5AlMgSZn. The number of hydrogen-bond acceptors (Lipinski definition) is 1. The molecule has 0 atom stereocenters. The van der Waals surface area contributed by atoms with E-state index in [1.165, 1.54) is 0 Å². The third-order valence-corrected chi connectivity index (χ3v) is 0. The molecule has 0 aromatic rings. The zero-order chi connectivity index (χ0) is 2.00. The monoisotopic (exact) mass is 152 g/mol. The van der Waals surface area contributed by atoms with E-state index in [2.05, 4.69) is 10.1 Å². The Balaban J connectivity index is -0.00000000500. The van der Waals surface area contributed by atoms with Crippen molar-refractivity contribution in [2.75, 3.05) is 0 Å². The fourth-order valence-corrected chi connectivity index (χ4v) is 0. The van der Waals surface area contributed by atoms with Gasteiger partial charge in [-0.25, -0.2) is 0 Å². The van der Waals surface area contributed by atoms with E-state index in [9.17, 15) is 0 Å². The van der Waals surface area contributed by atoms with Crippen molar-refractivity contribution in [2.45, 2.75) is 0 Å². The van der Waals surface area contributed by atoms with Crippen LogP contribution < -0.4 is 0 Å². The van der Waals surface area contributed by atoms with Crippen molar-refractivity contribution < 1.29 is 16.6 Å². The van der Waals surface area contributed by atoms with Crippen LogP contribution in [0.4, 0.5) is 0 Å². The normalized spacial score (nSPS) is 1.50. The second-order valence-electron chi connectivity index (χ2n) is 0. The predicted molar refractivity (Wildman–Crippen MR) is 26.1 cm³/mol. The van der Waals surface area contributed by atoms with Crippen LogP contribution in [-0.2, 0) is 16.6 Å². The molecule has 0 nitrogen and oxygen atoms in total. The molecule has 0 N–H and O–H groups in total. The van der Waals surface area contributed by atoms with Crippen molar-refractivity contribution in [2.24, 2.45) is 0 Å². The molecule has 4 heteroatoms. The minimum absolute atomic E-state index is 0. The average molecular weight is 154 g/mol. The van der Waals surface area contributed by atoms with Gasteiger partial charge in [0.05, 0.1) is 0 Å². The molecule has 0 spiro atoms. The first-order chi connectivity index (χ1) is 1.00. The van der Waals surface area contributed by atoms with Crippen LogP contribution in [0.1, 0.15) is 0 Å². The van der Waals surface area contributed by atoms with E-state index in [1.807, 2.05) is 0 Å². The molecule has 0 rings (SSSR count). The third kappa shape index (κ3) is 8.91. The van der Waals surface area contributed by atoms with E-state index in [1.54, 1.807) is 0 Å². The molecule has 0 amide bonds. The van der Waals surface area contributed by atoms with Gasteiger partial charge in [-0.05, 0) is 0 Å². The summed E-state index contributed by atoms with van der Waals surface area (Å²) in [6.45, 7) is 0. The predicted octanol–water partition coefficient (Wildman–Crippen LogP) is -1.45. The Morgan fingerprint density at radius 1 is 1.25 bits per heavy atom. The molecule has 0 radical (unpaired) electrons. The number of rotatable bonds is 0. The summed E-state index contributed by atoms with van der Waals surface area (Å²) in [5.41, 5.74) is 0. The summed E-state index contributed by atoms with van der Waals surface area (Å²) in [5, 5.41) is 0. The van der Waals surface area contributed by atoms with Crippen LogP contribution in [0, 0.1) is 0 Å². The van der Waals surface area contributed by atoms with E-state index in [4.69, 9.17) is 0 Å². The fraction of sp³-hybridized carbons (Fsp3) is 0. The molecule has 0 heterocycles. The maximum absolute atomic E-state index is 4.21. The Morgan fingerprint density at radius 2 is 1.25 bits per heavy atom. The van der Waals surface area contributed by atoms with Gasteiger partial charge in [-0.3, -0.25) is 0 Å². The van der Waals surface area contributed by atoms with Crippen molar-refractivity contribution >= 4 is 50.5 Å². The Hall–Kier alpha value is 2.14. The molecular weight excluding hydrogens is 149 g/mol. The molecule has 0 saturated carbocycles.